The second kappa shape index (κ2) is 5.44. The highest BCUT2D eigenvalue weighted by Gasteiger charge is 2.24. The molecule has 1 aromatic heterocycles. The van der Waals surface area contributed by atoms with Crippen LogP contribution >= 0.6 is 0 Å². The largest absolute Gasteiger partial charge is 0.308 e. The van der Waals surface area contributed by atoms with E-state index in [1.165, 1.54) is 36.9 Å². The van der Waals surface area contributed by atoms with Crippen molar-refractivity contribution < 1.29 is 0 Å². The zero-order chi connectivity index (χ0) is 11.4. The molecule has 88 valence electrons. The summed E-state index contributed by atoms with van der Waals surface area (Å²) in [4.78, 5) is 4.42. The SMILES string of the molecule is CCC(CC1CC1)NCc1ncccc1C. The molecule has 0 aliphatic heterocycles. The summed E-state index contributed by atoms with van der Waals surface area (Å²) in [6.07, 6.45) is 7.35. The normalized spacial score (nSPS) is 17.4. The predicted molar refractivity (Wildman–Crippen MR) is 67.2 cm³/mol. The van der Waals surface area contributed by atoms with Gasteiger partial charge >= 0.3 is 0 Å². The van der Waals surface area contributed by atoms with E-state index in [1.807, 2.05) is 12.3 Å². The maximum absolute atomic E-state index is 4.42. The molecule has 1 unspecified atom stereocenters. The Morgan fingerprint density at radius 3 is 2.94 bits per heavy atom. The first kappa shape index (κ1) is 11.6. The van der Waals surface area contributed by atoms with Crippen LogP contribution in [0.1, 0.15) is 43.9 Å². The number of hydrogen-bond acceptors (Lipinski definition) is 2. The van der Waals surface area contributed by atoms with Gasteiger partial charge in [-0.3, -0.25) is 4.98 Å². The molecule has 1 fully saturated rings. The van der Waals surface area contributed by atoms with Crippen LogP contribution in [0.5, 0.6) is 0 Å². The third-order valence-corrected chi connectivity index (χ3v) is 3.48. The van der Waals surface area contributed by atoms with Crippen molar-refractivity contribution in [2.45, 2.75) is 52.1 Å². The minimum atomic E-state index is 0.675. The van der Waals surface area contributed by atoms with E-state index in [0.717, 1.165) is 12.5 Å². The number of nitrogens with zero attached hydrogens (tertiary/aromatic N) is 1. The van der Waals surface area contributed by atoms with Gasteiger partial charge in [0.1, 0.15) is 0 Å². The number of pyridine rings is 1. The average Bonchev–Trinajstić information content (AvgIpc) is 3.10. The van der Waals surface area contributed by atoms with Crippen LogP contribution in [0.2, 0.25) is 0 Å². The molecule has 1 atom stereocenters. The van der Waals surface area contributed by atoms with E-state index in [1.54, 1.807) is 0 Å². The lowest BCUT2D eigenvalue weighted by molar-refractivity contribution is 0.442. The smallest absolute Gasteiger partial charge is 0.0570 e. The Labute approximate surface area is 98.5 Å². The summed E-state index contributed by atoms with van der Waals surface area (Å²) in [7, 11) is 0. The molecule has 1 aromatic rings. The van der Waals surface area contributed by atoms with E-state index in [-0.39, 0.29) is 0 Å². The van der Waals surface area contributed by atoms with Gasteiger partial charge in [-0.2, -0.15) is 0 Å². The Hall–Kier alpha value is -0.890. The lowest BCUT2D eigenvalue weighted by Crippen LogP contribution is -2.29. The number of hydrogen-bond donors (Lipinski definition) is 1. The van der Waals surface area contributed by atoms with Gasteiger partial charge in [-0.15, -0.1) is 0 Å². The topological polar surface area (TPSA) is 24.9 Å². The first-order valence-electron chi connectivity index (χ1n) is 6.43. The van der Waals surface area contributed by atoms with Crippen molar-refractivity contribution in [2.75, 3.05) is 0 Å². The van der Waals surface area contributed by atoms with E-state index in [9.17, 15) is 0 Å². The van der Waals surface area contributed by atoms with Crippen molar-refractivity contribution >= 4 is 0 Å². The molecule has 1 saturated carbocycles. The molecule has 16 heavy (non-hydrogen) atoms. The Kier molecular flexibility index (Phi) is 3.94. The molecule has 0 saturated heterocycles. The molecule has 0 aromatic carbocycles. The van der Waals surface area contributed by atoms with Gasteiger partial charge in [0.05, 0.1) is 5.69 Å². The fourth-order valence-corrected chi connectivity index (χ4v) is 2.09. The Morgan fingerprint density at radius 2 is 2.31 bits per heavy atom. The lowest BCUT2D eigenvalue weighted by atomic mass is 10.1. The molecule has 0 bridgehead atoms. The molecule has 1 aliphatic carbocycles. The molecule has 2 nitrogen and oxygen atoms in total. The van der Waals surface area contributed by atoms with E-state index in [2.05, 4.69) is 30.2 Å². The van der Waals surface area contributed by atoms with Crippen LogP contribution in [-0.2, 0) is 6.54 Å². The average molecular weight is 218 g/mol. The van der Waals surface area contributed by atoms with E-state index in [0.29, 0.717) is 6.04 Å². The highest BCUT2D eigenvalue weighted by atomic mass is 14.9. The minimum absolute atomic E-state index is 0.675. The molecule has 1 heterocycles. The Bertz CT molecular complexity index is 331. The zero-order valence-electron chi connectivity index (χ0n) is 10.4. The number of rotatable bonds is 6. The fraction of sp³-hybridized carbons (Fsp3) is 0.643. The summed E-state index contributed by atoms with van der Waals surface area (Å²) in [6.45, 7) is 5.31. The van der Waals surface area contributed by atoms with Gasteiger partial charge in [0.25, 0.3) is 0 Å². The van der Waals surface area contributed by atoms with Crippen molar-refractivity contribution in [3.8, 4) is 0 Å². The monoisotopic (exact) mass is 218 g/mol. The summed E-state index contributed by atoms with van der Waals surface area (Å²) in [6, 6.07) is 4.81. The van der Waals surface area contributed by atoms with Crippen molar-refractivity contribution in [1.29, 1.82) is 0 Å². The summed E-state index contributed by atoms with van der Waals surface area (Å²) < 4.78 is 0. The predicted octanol–water partition coefficient (Wildman–Crippen LogP) is 3.06. The van der Waals surface area contributed by atoms with Crippen molar-refractivity contribution in [3.05, 3.63) is 29.6 Å². The van der Waals surface area contributed by atoms with Crippen LogP contribution in [0.4, 0.5) is 0 Å². The van der Waals surface area contributed by atoms with Crippen molar-refractivity contribution in [2.24, 2.45) is 5.92 Å². The summed E-state index contributed by atoms with van der Waals surface area (Å²) >= 11 is 0. The first-order chi connectivity index (χ1) is 7.79. The van der Waals surface area contributed by atoms with Gasteiger partial charge in [-0.05, 0) is 37.3 Å². The molecule has 0 radical (unpaired) electrons. The Morgan fingerprint density at radius 1 is 1.50 bits per heavy atom. The van der Waals surface area contributed by atoms with Gasteiger partial charge in [0, 0.05) is 18.8 Å². The van der Waals surface area contributed by atoms with Crippen LogP contribution in [0.25, 0.3) is 0 Å². The third kappa shape index (κ3) is 3.31. The van der Waals surface area contributed by atoms with Gasteiger partial charge in [-0.1, -0.05) is 25.8 Å². The van der Waals surface area contributed by atoms with Crippen LogP contribution in [0.3, 0.4) is 0 Å². The third-order valence-electron chi connectivity index (χ3n) is 3.48. The van der Waals surface area contributed by atoms with Gasteiger partial charge < -0.3 is 5.32 Å². The summed E-state index contributed by atoms with van der Waals surface area (Å²) in [5.41, 5.74) is 2.48. The summed E-state index contributed by atoms with van der Waals surface area (Å²) in [5, 5.41) is 3.64. The molecule has 2 rings (SSSR count). The summed E-state index contributed by atoms with van der Waals surface area (Å²) in [5.74, 6) is 1.00. The molecular formula is C14H22N2. The maximum atomic E-state index is 4.42. The van der Waals surface area contributed by atoms with E-state index < -0.39 is 0 Å². The standard InChI is InChI=1S/C14H22N2/c1-3-13(9-12-6-7-12)16-10-14-11(2)5-4-8-15-14/h4-5,8,12-13,16H,3,6-7,9-10H2,1-2H3. The Balaban J connectivity index is 1.82. The van der Waals surface area contributed by atoms with E-state index in [4.69, 9.17) is 0 Å². The molecule has 0 amide bonds. The zero-order valence-corrected chi connectivity index (χ0v) is 10.4. The highest BCUT2D eigenvalue weighted by Crippen LogP contribution is 2.34. The van der Waals surface area contributed by atoms with Crippen LogP contribution in [-0.4, -0.2) is 11.0 Å². The maximum Gasteiger partial charge on any atom is 0.0570 e. The van der Waals surface area contributed by atoms with Gasteiger partial charge in [0.15, 0.2) is 0 Å². The second-order valence-electron chi connectivity index (χ2n) is 4.93. The highest BCUT2D eigenvalue weighted by molar-refractivity contribution is 5.17. The second-order valence-corrected chi connectivity index (χ2v) is 4.93. The molecule has 1 aliphatic rings. The number of aromatic nitrogens is 1. The van der Waals surface area contributed by atoms with Crippen molar-refractivity contribution in [3.63, 3.8) is 0 Å². The van der Waals surface area contributed by atoms with Gasteiger partial charge in [-0.25, -0.2) is 0 Å². The minimum Gasteiger partial charge on any atom is -0.308 e. The molecule has 2 heteroatoms. The number of nitrogens with one attached hydrogen (secondary N) is 1. The number of aryl methyl sites for hydroxylation is 1. The molecular weight excluding hydrogens is 196 g/mol. The van der Waals surface area contributed by atoms with E-state index >= 15 is 0 Å². The van der Waals surface area contributed by atoms with Crippen LogP contribution in [0.15, 0.2) is 18.3 Å². The lowest BCUT2D eigenvalue weighted by Gasteiger charge is -2.16. The molecule has 0 spiro atoms. The van der Waals surface area contributed by atoms with Gasteiger partial charge in [0.2, 0.25) is 0 Å². The first-order valence-corrected chi connectivity index (χ1v) is 6.43. The van der Waals surface area contributed by atoms with Crippen molar-refractivity contribution in [1.82, 2.24) is 10.3 Å². The quantitative estimate of drug-likeness (QED) is 0.793. The fourth-order valence-electron chi connectivity index (χ4n) is 2.09. The van der Waals surface area contributed by atoms with Crippen LogP contribution in [0, 0.1) is 12.8 Å². The van der Waals surface area contributed by atoms with Crippen LogP contribution < -0.4 is 5.32 Å². The molecule has 1 N–H and O–H groups in total.